The average Bonchev–Trinajstić information content (AvgIpc) is 3.10. The summed E-state index contributed by atoms with van der Waals surface area (Å²) >= 11 is 0. The van der Waals surface area contributed by atoms with Crippen LogP contribution < -0.4 is 0 Å². The van der Waals surface area contributed by atoms with E-state index in [2.05, 4.69) is 15.1 Å². The van der Waals surface area contributed by atoms with Gasteiger partial charge in [-0.3, -0.25) is 4.68 Å². The van der Waals surface area contributed by atoms with Crippen molar-refractivity contribution in [2.75, 3.05) is 20.6 Å². The Morgan fingerprint density at radius 3 is 2.73 bits per heavy atom. The molecular weight excluding hydrogens is 352 g/mol. The first kappa shape index (κ1) is 18.9. The number of hydrogen-bond acceptors (Lipinski definition) is 5. The van der Waals surface area contributed by atoms with Gasteiger partial charge in [-0.05, 0) is 38.8 Å². The third-order valence-corrected chi connectivity index (χ3v) is 6.64. The molecule has 0 spiro atoms. The number of nitrogens with zero attached hydrogens (tertiary/aromatic N) is 6. The molecule has 26 heavy (non-hydrogen) atoms. The fourth-order valence-corrected chi connectivity index (χ4v) is 4.70. The predicted octanol–water partition coefficient (Wildman–Crippen LogP) is 2.00. The maximum absolute atomic E-state index is 12.8. The molecule has 3 rings (SSSR count). The maximum atomic E-state index is 12.8. The first-order valence-electron chi connectivity index (χ1n) is 8.91. The van der Waals surface area contributed by atoms with Crippen molar-refractivity contribution in [3.8, 4) is 11.4 Å². The van der Waals surface area contributed by atoms with Gasteiger partial charge in [0.2, 0.25) is 0 Å². The molecule has 1 fully saturated rings. The zero-order valence-electron chi connectivity index (χ0n) is 15.8. The highest BCUT2D eigenvalue weighted by Crippen LogP contribution is 2.34. The third-order valence-electron chi connectivity index (χ3n) is 4.69. The molecule has 1 aliphatic rings. The molecule has 0 N–H and O–H groups in total. The van der Waals surface area contributed by atoms with Gasteiger partial charge in [-0.1, -0.05) is 6.42 Å². The molecule has 0 radical (unpaired) electrons. The summed E-state index contributed by atoms with van der Waals surface area (Å²) in [6.45, 7) is 5.12. The van der Waals surface area contributed by atoms with Crippen LogP contribution in [0.3, 0.4) is 0 Å². The number of aromatic nitrogens is 4. The van der Waals surface area contributed by atoms with Crippen molar-refractivity contribution in [3.05, 3.63) is 29.8 Å². The largest absolute Gasteiger partial charge is 0.282 e. The van der Waals surface area contributed by atoms with Gasteiger partial charge in [0.15, 0.2) is 0 Å². The molecule has 1 aliphatic heterocycles. The minimum atomic E-state index is -3.50. The van der Waals surface area contributed by atoms with Gasteiger partial charge in [-0.15, -0.1) is 0 Å². The molecule has 0 aromatic carbocycles. The fraction of sp³-hybridized carbons (Fsp3) is 0.588. The van der Waals surface area contributed by atoms with Crippen LogP contribution in [0.25, 0.3) is 11.4 Å². The van der Waals surface area contributed by atoms with Crippen molar-refractivity contribution in [1.29, 1.82) is 0 Å². The first-order chi connectivity index (χ1) is 12.3. The minimum absolute atomic E-state index is 0.269. The third kappa shape index (κ3) is 3.51. The summed E-state index contributed by atoms with van der Waals surface area (Å²) < 4.78 is 30.2. The van der Waals surface area contributed by atoms with E-state index in [1.807, 2.05) is 30.7 Å². The van der Waals surface area contributed by atoms with Gasteiger partial charge in [-0.2, -0.15) is 22.1 Å². The highest BCUT2D eigenvalue weighted by Gasteiger charge is 2.35. The number of hydrogen-bond donors (Lipinski definition) is 0. The van der Waals surface area contributed by atoms with Gasteiger partial charge in [0.25, 0.3) is 10.2 Å². The van der Waals surface area contributed by atoms with Crippen molar-refractivity contribution < 1.29 is 8.42 Å². The van der Waals surface area contributed by atoms with Crippen LogP contribution in [0.4, 0.5) is 0 Å². The second-order valence-electron chi connectivity index (χ2n) is 6.67. The Bertz CT molecular complexity index is 877. The van der Waals surface area contributed by atoms with Crippen molar-refractivity contribution >= 4 is 10.2 Å². The van der Waals surface area contributed by atoms with Crippen molar-refractivity contribution in [2.24, 2.45) is 0 Å². The van der Waals surface area contributed by atoms with E-state index < -0.39 is 10.2 Å². The molecule has 1 atom stereocenters. The van der Waals surface area contributed by atoms with E-state index >= 15 is 0 Å². The second kappa shape index (κ2) is 7.42. The Labute approximate surface area is 155 Å². The highest BCUT2D eigenvalue weighted by atomic mass is 32.2. The van der Waals surface area contributed by atoms with Crippen LogP contribution in [0.5, 0.6) is 0 Å². The number of aryl methyl sites for hydroxylation is 2. The second-order valence-corrected chi connectivity index (χ2v) is 8.76. The molecule has 9 heteroatoms. The molecule has 142 valence electrons. The van der Waals surface area contributed by atoms with Crippen LogP contribution in [-0.2, 0) is 16.8 Å². The van der Waals surface area contributed by atoms with Gasteiger partial charge in [0.05, 0.1) is 23.1 Å². The molecule has 0 bridgehead atoms. The summed E-state index contributed by atoms with van der Waals surface area (Å²) in [6.07, 6.45) is 4.36. The molecule has 2 aromatic rings. The van der Waals surface area contributed by atoms with Crippen LogP contribution in [0.1, 0.15) is 43.7 Å². The van der Waals surface area contributed by atoms with Crippen LogP contribution in [0.15, 0.2) is 18.3 Å². The summed E-state index contributed by atoms with van der Waals surface area (Å²) in [5.41, 5.74) is 2.44. The van der Waals surface area contributed by atoms with Crippen molar-refractivity contribution in [2.45, 2.75) is 45.7 Å². The Balaban J connectivity index is 2.05. The minimum Gasteiger partial charge on any atom is -0.264 e. The quantitative estimate of drug-likeness (QED) is 0.794. The Kier molecular flexibility index (Phi) is 5.40. The van der Waals surface area contributed by atoms with Gasteiger partial charge in [0.1, 0.15) is 5.82 Å². The van der Waals surface area contributed by atoms with Crippen molar-refractivity contribution in [1.82, 2.24) is 28.4 Å². The van der Waals surface area contributed by atoms with Crippen LogP contribution in [-0.4, -0.2) is 57.4 Å². The first-order valence-corrected chi connectivity index (χ1v) is 10.3. The van der Waals surface area contributed by atoms with Crippen LogP contribution >= 0.6 is 0 Å². The molecule has 0 saturated carbocycles. The van der Waals surface area contributed by atoms with E-state index in [0.29, 0.717) is 12.4 Å². The van der Waals surface area contributed by atoms with E-state index in [1.165, 1.54) is 4.31 Å². The molecule has 2 aromatic heterocycles. The van der Waals surface area contributed by atoms with Crippen LogP contribution in [0, 0.1) is 6.92 Å². The van der Waals surface area contributed by atoms with Crippen molar-refractivity contribution in [3.63, 3.8) is 0 Å². The Morgan fingerprint density at radius 2 is 2.04 bits per heavy atom. The summed E-state index contributed by atoms with van der Waals surface area (Å²) in [4.78, 5) is 9.13. The standard InChI is InChI=1S/C17H26N6O2S/c1-5-22-16(9-10-18-22)14-12-15(20-13(2)19-14)17-8-6-7-11-23(17)26(24,25)21(3)4/h9-10,12,17H,5-8,11H2,1-4H3/t17-/m0/s1. The molecule has 0 unspecified atom stereocenters. The fourth-order valence-electron chi connectivity index (χ4n) is 3.38. The van der Waals surface area contributed by atoms with E-state index in [0.717, 1.165) is 42.9 Å². The van der Waals surface area contributed by atoms with Gasteiger partial charge < -0.3 is 0 Å². The summed E-state index contributed by atoms with van der Waals surface area (Å²) in [7, 11) is -0.367. The summed E-state index contributed by atoms with van der Waals surface area (Å²) in [6, 6.07) is 3.56. The molecule has 0 amide bonds. The van der Waals surface area contributed by atoms with Gasteiger partial charge in [0, 0.05) is 33.4 Å². The Morgan fingerprint density at radius 1 is 1.27 bits per heavy atom. The average molecular weight is 379 g/mol. The molecular formula is C17H26N6O2S. The lowest BCUT2D eigenvalue weighted by molar-refractivity contribution is 0.238. The molecule has 8 nitrogen and oxygen atoms in total. The zero-order valence-corrected chi connectivity index (χ0v) is 16.6. The maximum Gasteiger partial charge on any atom is 0.282 e. The monoisotopic (exact) mass is 378 g/mol. The Hall–Kier alpha value is -1.84. The topological polar surface area (TPSA) is 84.2 Å². The lowest BCUT2D eigenvalue weighted by atomic mass is 10.0. The zero-order chi connectivity index (χ0) is 18.9. The van der Waals surface area contributed by atoms with E-state index in [1.54, 1.807) is 24.6 Å². The SMILES string of the molecule is CCn1nccc1-c1cc([C@@H]2CCCCN2S(=O)(=O)N(C)C)nc(C)n1. The van der Waals surface area contributed by atoms with E-state index in [9.17, 15) is 8.42 Å². The van der Waals surface area contributed by atoms with Gasteiger partial charge in [-0.25, -0.2) is 9.97 Å². The summed E-state index contributed by atoms with van der Waals surface area (Å²) in [5.74, 6) is 0.633. The molecule has 0 aliphatic carbocycles. The summed E-state index contributed by atoms with van der Waals surface area (Å²) in [5, 5.41) is 4.30. The lowest BCUT2D eigenvalue weighted by Gasteiger charge is -2.36. The van der Waals surface area contributed by atoms with E-state index in [-0.39, 0.29) is 6.04 Å². The predicted molar refractivity (Wildman–Crippen MR) is 99.6 cm³/mol. The molecule has 3 heterocycles. The lowest BCUT2D eigenvalue weighted by Crippen LogP contribution is -2.44. The smallest absolute Gasteiger partial charge is 0.264 e. The molecule has 1 saturated heterocycles. The van der Waals surface area contributed by atoms with Crippen LogP contribution in [0.2, 0.25) is 0 Å². The number of piperidine rings is 1. The highest BCUT2D eigenvalue weighted by molar-refractivity contribution is 7.86. The number of rotatable bonds is 5. The van der Waals surface area contributed by atoms with E-state index in [4.69, 9.17) is 0 Å². The normalized spacial score (nSPS) is 19.2. The van der Waals surface area contributed by atoms with Gasteiger partial charge >= 0.3 is 0 Å².